The van der Waals surface area contributed by atoms with Crippen molar-refractivity contribution in [3.8, 4) is 17.1 Å². The van der Waals surface area contributed by atoms with Crippen LogP contribution in [-0.4, -0.2) is 50.2 Å². The van der Waals surface area contributed by atoms with E-state index in [1.54, 1.807) is 24.4 Å². The number of nitrogens with zero attached hydrogens (tertiary/aromatic N) is 5. The Balaban J connectivity index is 1.15. The Morgan fingerprint density at radius 1 is 1.18 bits per heavy atom. The number of carbonyl (C=O) groups excluding carboxylic acids is 1. The summed E-state index contributed by atoms with van der Waals surface area (Å²) < 4.78 is 20.0. The van der Waals surface area contributed by atoms with Crippen LogP contribution in [0.1, 0.15) is 16.3 Å². The van der Waals surface area contributed by atoms with Gasteiger partial charge in [-0.1, -0.05) is 0 Å². The second-order valence-electron chi connectivity index (χ2n) is 7.76. The lowest BCUT2D eigenvalue weighted by atomic mass is 10.1. The van der Waals surface area contributed by atoms with Crippen LogP contribution in [0.5, 0.6) is 5.75 Å². The number of amides is 1. The summed E-state index contributed by atoms with van der Waals surface area (Å²) in [4.78, 5) is 27.4. The molecular weight excluding hydrogens is 505 g/mol. The summed E-state index contributed by atoms with van der Waals surface area (Å²) >= 11 is 3.36. The number of carbonyl (C=O) groups is 1. The zero-order chi connectivity index (χ0) is 23.7. The largest absolute Gasteiger partial charge is 0.485 e. The van der Waals surface area contributed by atoms with Crippen molar-refractivity contribution in [2.45, 2.75) is 13.0 Å². The standard InChI is InChI=1S/C23H19BrFN7O2/c1-13-28-22(31-30-13)14-2-5-16(6-3-14)29-23(33)19-9-27-21(10-26-19)32-11-17(12-32)34-20-8-15(25)4-7-18(20)24/h2-10,17H,11-12H2,1H3,(H,29,33)(H,28,30,31). The molecule has 0 unspecified atom stereocenters. The molecule has 1 aliphatic heterocycles. The zero-order valence-electron chi connectivity index (χ0n) is 18.0. The first kappa shape index (κ1) is 22.0. The summed E-state index contributed by atoms with van der Waals surface area (Å²) in [6, 6.07) is 11.5. The number of hydrogen-bond acceptors (Lipinski definition) is 7. The maximum atomic E-state index is 13.4. The van der Waals surface area contributed by atoms with E-state index in [1.165, 1.54) is 18.3 Å². The summed E-state index contributed by atoms with van der Waals surface area (Å²) in [5, 5.41) is 9.73. The lowest BCUT2D eigenvalue weighted by Crippen LogP contribution is -2.54. The number of hydrogen-bond donors (Lipinski definition) is 2. The van der Waals surface area contributed by atoms with Crippen molar-refractivity contribution in [1.82, 2.24) is 25.1 Å². The highest BCUT2D eigenvalue weighted by atomic mass is 79.9. The molecule has 0 saturated carbocycles. The van der Waals surface area contributed by atoms with Crippen molar-refractivity contribution in [2.75, 3.05) is 23.3 Å². The molecule has 1 amide bonds. The molecule has 34 heavy (non-hydrogen) atoms. The topological polar surface area (TPSA) is 109 Å². The number of H-pyrrole nitrogens is 1. The predicted octanol–water partition coefficient (Wildman–Crippen LogP) is 3.99. The summed E-state index contributed by atoms with van der Waals surface area (Å²) in [5.41, 5.74) is 1.67. The number of aromatic amines is 1. The van der Waals surface area contributed by atoms with E-state index in [0.29, 0.717) is 40.6 Å². The van der Waals surface area contributed by atoms with Gasteiger partial charge in [0, 0.05) is 17.3 Å². The highest BCUT2D eigenvalue weighted by Gasteiger charge is 2.30. The van der Waals surface area contributed by atoms with Crippen LogP contribution in [0.3, 0.4) is 0 Å². The van der Waals surface area contributed by atoms with Gasteiger partial charge in [0.05, 0.1) is 30.0 Å². The van der Waals surface area contributed by atoms with Crippen LogP contribution in [0.15, 0.2) is 59.3 Å². The molecule has 1 saturated heterocycles. The van der Waals surface area contributed by atoms with E-state index in [2.05, 4.69) is 46.4 Å². The number of anilines is 2. The second-order valence-corrected chi connectivity index (χ2v) is 8.61. The van der Waals surface area contributed by atoms with Crippen molar-refractivity contribution in [3.63, 3.8) is 0 Å². The first-order valence-corrected chi connectivity index (χ1v) is 11.2. The van der Waals surface area contributed by atoms with Gasteiger partial charge in [0.1, 0.15) is 35.0 Å². The van der Waals surface area contributed by atoms with Gasteiger partial charge in [0.25, 0.3) is 5.91 Å². The van der Waals surface area contributed by atoms with E-state index in [4.69, 9.17) is 4.74 Å². The molecule has 2 aromatic heterocycles. The van der Waals surface area contributed by atoms with E-state index >= 15 is 0 Å². The van der Waals surface area contributed by atoms with Gasteiger partial charge >= 0.3 is 0 Å². The average molecular weight is 524 g/mol. The highest BCUT2D eigenvalue weighted by molar-refractivity contribution is 9.10. The van der Waals surface area contributed by atoms with Crippen molar-refractivity contribution < 1.29 is 13.9 Å². The van der Waals surface area contributed by atoms with Crippen molar-refractivity contribution in [3.05, 3.63) is 76.7 Å². The molecule has 11 heteroatoms. The minimum Gasteiger partial charge on any atom is -0.485 e. The van der Waals surface area contributed by atoms with Gasteiger partial charge < -0.3 is 15.0 Å². The molecule has 0 spiro atoms. The third-order valence-corrected chi connectivity index (χ3v) is 5.88. The Bertz CT molecular complexity index is 1320. The van der Waals surface area contributed by atoms with Crippen LogP contribution in [0.25, 0.3) is 11.4 Å². The van der Waals surface area contributed by atoms with Gasteiger partial charge in [-0.05, 0) is 59.3 Å². The van der Waals surface area contributed by atoms with Gasteiger partial charge in [-0.25, -0.2) is 19.3 Å². The normalized spacial score (nSPS) is 13.4. The number of aromatic nitrogens is 5. The number of nitrogens with one attached hydrogen (secondary N) is 2. The fourth-order valence-corrected chi connectivity index (χ4v) is 3.76. The molecule has 3 heterocycles. The molecule has 2 N–H and O–H groups in total. The number of aryl methyl sites for hydroxylation is 1. The fourth-order valence-electron chi connectivity index (χ4n) is 3.42. The van der Waals surface area contributed by atoms with Gasteiger partial charge in [-0.2, -0.15) is 5.10 Å². The molecule has 172 valence electrons. The molecule has 4 aromatic rings. The summed E-state index contributed by atoms with van der Waals surface area (Å²) in [6.07, 6.45) is 2.90. The molecule has 9 nitrogen and oxygen atoms in total. The molecule has 0 aliphatic carbocycles. The van der Waals surface area contributed by atoms with Gasteiger partial charge in [0.15, 0.2) is 5.82 Å². The molecule has 5 rings (SSSR count). The minimum atomic E-state index is -0.360. The second kappa shape index (κ2) is 9.18. The Labute approximate surface area is 202 Å². The zero-order valence-corrected chi connectivity index (χ0v) is 19.6. The molecule has 0 bridgehead atoms. The fraction of sp³-hybridized carbons (Fsp3) is 0.174. The maximum absolute atomic E-state index is 13.4. The number of benzene rings is 2. The first-order chi connectivity index (χ1) is 16.4. The first-order valence-electron chi connectivity index (χ1n) is 10.4. The van der Waals surface area contributed by atoms with Gasteiger partial charge in [-0.3, -0.25) is 9.89 Å². The number of ether oxygens (including phenoxy) is 1. The third-order valence-electron chi connectivity index (χ3n) is 5.23. The van der Waals surface area contributed by atoms with Crippen LogP contribution in [0.4, 0.5) is 15.9 Å². The van der Waals surface area contributed by atoms with E-state index in [9.17, 15) is 9.18 Å². The van der Waals surface area contributed by atoms with E-state index in [0.717, 1.165) is 11.4 Å². The Morgan fingerprint density at radius 2 is 1.97 bits per heavy atom. The van der Waals surface area contributed by atoms with Crippen molar-refractivity contribution in [1.29, 1.82) is 0 Å². The predicted molar refractivity (Wildman–Crippen MR) is 127 cm³/mol. The number of rotatable bonds is 6. The highest BCUT2D eigenvalue weighted by Crippen LogP contribution is 2.29. The maximum Gasteiger partial charge on any atom is 0.275 e. The lowest BCUT2D eigenvalue weighted by Gasteiger charge is -2.39. The van der Waals surface area contributed by atoms with Crippen LogP contribution in [0.2, 0.25) is 0 Å². The summed E-state index contributed by atoms with van der Waals surface area (Å²) in [5.74, 6) is 1.72. The SMILES string of the molecule is Cc1nc(-c2ccc(NC(=O)c3cnc(N4CC(Oc5cc(F)ccc5Br)C4)cn3)cc2)n[nH]1. The van der Waals surface area contributed by atoms with Crippen LogP contribution in [-0.2, 0) is 0 Å². The minimum absolute atomic E-state index is 0.0913. The van der Waals surface area contributed by atoms with E-state index in [-0.39, 0.29) is 23.5 Å². The smallest absolute Gasteiger partial charge is 0.275 e. The Hall–Kier alpha value is -3.86. The van der Waals surface area contributed by atoms with E-state index in [1.807, 2.05) is 24.0 Å². The molecule has 0 radical (unpaired) electrons. The Morgan fingerprint density at radius 3 is 2.65 bits per heavy atom. The number of halogens is 2. The van der Waals surface area contributed by atoms with Crippen LogP contribution >= 0.6 is 15.9 Å². The summed E-state index contributed by atoms with van der Waals surface area (Å²) in [7, 11) is 0. The Kier molecular flexibility index (Phi) is 5.93. The molecule has 1 aliphatic rings. The van der Waals surface area contributed by atoms with Crippen LogP contribution < -0.4 is 15.0 Å². The lowest BCUT2D eigenvalue weighted by molar-refractivity contribution is 0.102. The molecule has 1 fully saturated rings. The van der Waals surface area contributed by atoms with Crippen molar-refractivity contribution in [2.24, 2.45) is 0 Å². The monoisotopic (exact) mass is 523 g/mol. The van der Waals surface area contributed by atoms with Gasteiger partial charge in [-0.15, -0.1) is 0 Å². The quantitative estimate of drug-likeness (QED) is 0.393. The van der Waals surface area contributed by atoms with Crippen LogP contribution in [0, 0.1) is 12.7 Å². The molecule has 2 aromatic carbocycles. The third kappa shape index (κ3) is 4.74. The molecule has 0 atom stereocenters. The van der Waals surface area contributed by atoms with Gasteiger partial charge in [0.2, 0.25) is 0 Å². The van der Waals surface area contributed by atoms with E-state index < -0.39 is 0 Å². The summed E-state index contributed by atoms with van der Waals surface area (Å²) in [6.45, 7) is 3.00. The average Bonchev–Trinajstić information content (AvgIpc) is 3.25. The van der Waals surface area contributed by atoms with Crippen molar-refractivity contribution >= 4 is 33.3 Å². The molecular formula is C23H19BrFN7O2.